The van der Waals surface area contributed by atoms with E-state index < -0.39 is 0 Å². The summed E-state index contributed by atoms with van der Waals surface area (Å²) in [6.45, 7) is 3.77. The van der Waals surface area contributed by atoms with Crippen LogP contribution < -0.4 is 5.32 Å². The van der Waals surface area contributed by atoms with Crippen molar-refractivity contribution in [2.75, 3.05) is 5.32 Å². The standard InChI is InChI=1S/C16H17BrFNO/c1-3-15(13-9-11(17)4-7-16(13)20)19-12-5-6-14(18)10(2)8-12/h4-9,15,19-20H,3H2,1-2H3. The van der Waals surface area contributed by atoms with E-state index in [1.54, 1.807) is 31.2 Å². The Hall–Kier alpha value is -1.55. The van der Waals surface area contributed by atoms with Crippen LogP contribution in [0.25, 0.3) is 0 Å². The second-order valence-corrected chi connectivity index (χ2v) is 5.69. The molecule has 0 aromatic heterocycles. The number of benzene rings is 2. The fourth-order valence-electron chi connectivity index (χ4n) is 2.14. The van der Waals surface area contributed by atoms with Gasteiger partial charge in [-0.2, -0.15) is 0 Å². The Balaban J connectivity index is 2.28. The van der Waals surface area contributed by atoms with Crippen LogP contribution in [0.5, 0.6) is 5.75 Å². The first kappa shape index (κ1) is 14.9. The van der Waals surface area contributed by atoms with Crippen molar-refractivity contribution in [2.24, 2.45) is 0 Å². The Kier molecular flexibility index (Phi) is 4.65. The molecule has 0 spiro atoms. The number of aromatic hydroxyl groups is 1. The zero-order chi connectivity index (χ0) is 14.7. The molecule has 0 saturated heterocycles. The van der Waals surface area contributed by atoms with Gasteiger partial charge in [0.2, 0.25) is 0 Å². The highest BCUT2D eigenvalue weighted by Gasteiger charge is 2.14. The van der Waals surface area contributed by atoms with Crippen LogP contribution in [0.15, 0.2) is 40.9 Å². The molecular formula is C16H17BrFNO. The minimum atomic E-state index is -0.214. The van der Waals surface area contributed by atoms with Crippen molar-refractivity contribution >= 4 is 21.6 Å². The van der Waals surface area contributed by atoms with Gasteiger partial charge in [0, 0.05) is 15.7 Å². The number of hydrogen-bond donors (Lipinski definition) is 2. The van der Waals surface area contributed by atoms with E-state index in [2.05, 4.69) is 21.2 Å². The number of aryl methyl sites for hydroxylation is 1. The van der Waals surface area contributed by atoms with Gasteiger partial charge in [-0.3, -0.25) is 0 Å². The molecule has 0 saturated carbocycles. The molecule has 0 aliphatic rings. The molecule has 0 aliphatic carbocycles. The van der Waals surface area contributed by atoms with Crippen LogP contribution in [0.3, 0.4) is 0 Å². The maximum Gasteiger partial charge on any atom is 0.126 e. The lowest BCUT2D eigenvalue weighted by molar-refractivity contribution is 0.462. The van der Waals surface area contributed by atoms with E-state index in [4.69, 9.17) is 0 Å². The van der Waals surface area contributed by atoms with Crippen molar-refractivity contribution in [3.63, 3.8) is 0 Å². The van der Waals surface area contributed by atoms with Gasteiger partial charge in [0.1, 0.15) is 11.6 Å². The molecule has 2 N–H and O–H groups in total. The van der Waals surface area contributed by atoms with Crippen molar-refractivity contribution < 1.29 is 9.50 Å². The van der Waals surface area contributed by atoms with E-state index >= 15 is 0 Å². The number of rotatable bonds is 4. The highest BCUT2D eigenvalue weighted by atomic mass is 79.9. The van der Waals surface area contributed by atoms with Gasteiger partial charge in [-0.15, -0.1) is 0 Å². The topological polar surface area (TPSA) is 32.3 Å². The van der Waals surface area contributed by atoms with E-state index in [9.17, 15) is 9.50 Å². The molecule has 2 nitrogen and oxygen atoms in total. The summed E-state index contributed by atoms with van der Waals surface area (Å²) in [4.78, 5) is 0. The Morgan fingerprint density at radius 1 is 1.25 bits per heavy atom. The average molecular weight is 338 g/mol. The molecule has 0 amide bonds. The predicted octanol–water partition coefficient (Wildman–Crippen LogP) is 5.17. The van der Waals surface area contributed by atoms with Crippen molar-refractivity contribution in [1.82, 2.24) is 0 Å². The lowest BCUT2D eigenvalue weighted by atomic mass is 10.0. The summed E-state index contributed by atoms with van der Waals surface area (Å²) in [5, 5.41) is 13.3. The quantitative estimate of drug-likeness (QED) is 0.806. The summed E-state index contributed by atoms with van der Waals surface area (Å²) < 4.78 is 14.2. The number of phenolic OH excluding ortho intramolecular Hbond substituents is 1. The summed E-state index contributed by atoms with van der Waals surface area (Å²) in [7, 11) is 0. The largest absolute Gasteiger partial charge is 0.508 e. The molecule has 0 fully saturated rings. The SMILES string of the molecule is CCC(Nc1ccc(F)c(C)c1)c1cc(Br)ccc1O. The van der Waals surface area contributed by atoms with Crippen LogP contribution in [0.4, 0.5) is 10.1 Å². The molecule has 2 aromatic rings. The van der Waals surface area contributed by atoms with Gasteiger partial charge in [0.05, 0.1) is 6.04 Å². The zero-order valence-corrected chi connectivity index (χ0v) is 13.0. The zero-order valence-electron chi connectivity index (χ0n) is 11.5. The Bertz CT molecular complexity index is 615. The van der Waals surface area contributed by atoms with Crippen LogP contribution in [-0.4, -0.2) is 5.11 Å². The highest BCUT2D eigenvalue weighted by Crippen LogP contribution is 2.32. The summed E-state index contributed by atoms with van der Waals surface area (Å²) in [5.74, 6) is 0.0419. The fraction of sp³-hybridized carbons (Fsp3) is 0.250. The van der Waals surface area contributed by atoms with Crippen LogP contribution in [0.1, 0.15) is 30.5 Å². The maximum absolute atomic E-state index is 13.3. The molecule has 2 aromatic carbocycles. The normalized spacial score (nSPS) is 12.2. The highest BCUT2D eigenvalue weighted by molar-refractivity contribution is 9.10. The lowest BCUT2D eigenvalue weighted by Gasteiger charge is -2.20. The molecule has 0 heterocycles. The molecule has 20 heavy (non-hydrogen) atoms. The summed E-state index contributed by atoms with van der Waals surface area (Å²) in [6.07, 6.45) is 0.806. The minimum Gasteiger partial charge on any atom is -0.508 e. The third-order valence-electron chi connectivity index (χ3n) is 3.27. The molecule has 0 aliphatic heterocycles. The van der Waals surface area contributed by atoms with Gasteiger partial charge < -0.3 is 10.4 Å². The molecular weight excluding hydrogens is 321 g/mol. The maximum atomic E-state index is 13.3. The number of phenols is 1. The molecule has 4 heteroatoms. The van der Waals surface area contributed by atoms with E-state index in [-0.39, 0.29) is 17.6 Å². The van der Waals surface area contributed by atoms with Crippen molar-refractivity contribution in [2.45, 2.75) is 26.3 Å². The monoisotopic (exact) mass is 337 g/mol. The third kappa shape index (κ3) is 3.31. The summed E-state index contributed by atoms with van der Waals surface area (Å²) in [5.41, 5.74) is 2.27. The molecule has 106 valence electrons. The first-order chi connectivity index (χ1) is 9.51. The Labute approximate surface area is 126 Å². The van der Waals surface area contributed by atoms with Gasteiger partial charge in [-0.05, 0) is 55.3 Å². The first-order valence-corrected chi connectivity index (χ1v) is 7.31. The fourth-order valence-corrected chi connectivity index (χ4v) is 2.52. The smallest absolute Gasteiger partial charge is 0.126 e. The van der Waals surface area contributed by atoms with Crippen LogP contribution in [0.2, 0.25) is 0 Å². The Morgan fingerprint density at radius 3 is 2.65 bits per heavy atom. The van der Waals surface area contributed by atoms with Gasteiger partial charge in [-0.1, -0.05) is 22.9 Å². The number of hydrogen-bond acceptors (Lipinski definition) is 2. The average Bonchev–Trinajstić information content (AvgIpc) is 2.43. The van der Waals surface area contributed by atoms with Gasteiger partial charge >= 0.3 is 0 Å². The minimum absolute atomic E-state index is 0.0302. The summed E-state index contributed by atoms with van der Waals surface area (Å²) >= 11 is 3.41. The number of halogens is 2. The van der Waals surface area contributed by atoms with E-state index in [0.717, 1.165) is 22.1 Å². The number of nitrogens with one attached hydrogen (secondary N) is 1. The van der Waals surface area contributed by atoms with Crippen LogP contribution in [-0.2, 0) is 0 Å². The number of anilines is 1. The van der Waals surface area contributed by atoms with Crippen molar-refractivity contribution in [3.05, 3.63) is 57.8 Å². The van der Waals surface area contributed by atoms with Gasteiger partial charge in [0.25, 0.3) is 0 Å². The van der Waals surface area contributed by atoms with E-state index in [1.807, 2.05) is 13.0 Å². The van der Waals surface area contributed by atoms with Gasteiger partial charge in [-0.25, -0.2) is 4.39 Å². The Morgan fingerprint density at radius 2 is 2.00 bits per heavy atom. The molecule has 1 unspecified atom stereocenters. The second-order valence-electron chi connectivity index (χ2n) is 4.77. The summed E-state index contributed by atoms with van der Waals surface area (Å²) in [6, 6.07) is 10.3. The van der Waals surface area contributed by atoms with Gasteiger partial charge in [0.15, 0.2) is 0 Å². The second kappa shape index (κ2) is 6.27. The molecule has 2 rings (SSSR count). The molecule has 1 atom stereocenters. The molecule has 0 radical (unpaired) electrons. The van der Waals surface area contributed by atoms with Crippen molar-refractivity contribution in [1.29, 1.82) is 0 Å². The van der Waals surface area contributed by atoms with E-state index in [0.29, 0.717) is 5.56 Å². The third-order valence-corrected chi connectivity index (χ3v) is 3.77. The van der Waals surface area contributed by atoms with Crippen LogP contribution >= 0.6 is 15.9 Å². The first-order valence-electron chi connectivity index (χ1n) is 6.52. The van der Waals surface area contributed by atoms with E-state index in [1.165, 1.54) is 6.07 Å². The predicted molar refractivity (Wildman–Crippen MR) is 83.6 cm³/mol. The van der Waals surface area contributed by atoms with Crippen molar-refractivity contribution in [3.8, 4) is 5.75 Å². The van der Waals surface area contributed by atoms with Crippen LogP contribution in [0, 0.1) is 12.7 Å². The lowest BCUT2D eigenvalue weighted by Crippen LogP contribution is -2.10. The molecule has 0 bridgehead atoms.